The van der Waals surface area contributed by atoms with Crippen LogP contribution >= 0.6 is 0 Å². The maximum absolute atomic E-state index is 12.0. The van der Waals surface area contributed by atoms with Gasteiger partial charge in [-0.2, -0.15) is 0 Å². The summed E-state index contributed by atoms with van der Waals surface area (Å²) >= 11 is 0. The smallest absolute Gasteiger partial charge is 0.246 e. The van der Waals surface area contributed by atoms with E-state index in [1.54, 1.807) is 19.1 Å². The van der Waals surface area contributed by atoms with E-state index in [4.69, 9.17) is 0 Å². The molecule has 0 aliphatic carbocycles. The highest BCUT2D eigenvalue weighted by atomic mass is 16.2. The van der Waals surface area contributed by atoms with Crippen molar-refractivity contribution in [3.05, 3.63) is 30.3 Å². The Labute approximate surface area is 136 Å². The monoisotopic (exact) mass is 317 g/mol. The summed E-state index contributed by atoms with van der Waals surface area (Å²) in [5.74, 6) is -0.420. The molecule has 3 amide bonds. The average molecular weight is 317 g/mol. The minimum Gasteiger partial charge on any atom is -0.351 e. The lowest BCUT2D eigenvalue weighted by Gasteiger charge is -2.23. The van der Waals surface area contributed by atoms with Gasteiger partial charge >= 0.3 is 0 Å². The van der Waals surface area contributed by atoms with Crippen molar-refractivity contribution in [1.82, 2.24) is 10.6 Å². The predicted molar refractivity (Wildman–Crippen MR) is 87.7 cm³/mol. The third-order valence-corrected chi connectivity index (χ3v) is 4.06. The number of carbonyl (C=O) groups is 3. The summed E-state index contributed by atoms with van der Waals surface area (Å²) in [6, 6.07) is 8.48. The molecule has 1 saturated heterocycles. The normalized spacial score (nSPS) is 21.4. The topological polar surface area (TPSA) is 87.3 Å². The third-order valence-electron chi connectivity index (χ3n) is 4.06. The number of benzene rings is 1. The third kappa shape index (κ3) is 5.09. The van der Waals surface area contributed by atoms with E-state index in [0.29, 0.717) is 18.5 Å². The number of nitrogens with one attached hydrogen (secondary N) is 3. The van der Waals surface area contributed by atoms with Crippen LogP contribution in [0, 0.1) is 0 Å². The minimum atomic E-state index is -0.617. The van der Waals surface area contributed by atoms with Crippen molar-refractivity contribution >= 4 is 23.4 Å². The Bertz CT molecular complexity index is 588. The van der Waals surface area contributed by atoms with Gasteiger partial charge in [0, 0.05) is 24.1 Å². The van der Waals surface area contributed by atoms with Gasteiger partial charge in [-0.3, -0.25) is 14.4 Å². The second-order valence-electron chi connectivity index (χ2n) is 6.25. The fourth-order valence-electron chi connectivity index (χ4n) is 2.58. The highest BCUT2D eigenvalue weighted by molar-refractivity contribution is 5.96. The van der Waals surface area contributed by atoms with Gasteiger partial charge in [-0.15, -0.1) is 0 Å². The van der Waals surface area contributed by atoms with Crippen molar-refractivity contribution in [3.63, 3.8) is 0 Å². The molecule has 0 spiro atoms. The quantitative estimate of drug-likeness (QED) is 0.744. The Morgan fingerprint density at radius 3 is 2.61 bits per heavy atom. The molecule has 0 radical (unpaired) electrons. The molecule has 1 aromatic carbocycles. The summed E-state index contributed by atoms with van der Waals surface area (Å²) < 4.78 is 0. The number of rotatable bonds is 6. The Morgan fingerprint density at radius 1 is 1.30 bits per heavy atom. The average Bonchev–Trinajstić information content (AvgIpc) is 2.86. The van der Waals surface area contributed by atoms with E-state index in [1.807, 2.05) is 25.1 Å². The highest BCUT2D eigenvalue weighted by Crippen LogP contribution is 2.24. The largest absolute Gasteiger partial charge is 0.351 e. The minimum absolute atomic E-state index is 0.0310. The zero-order chi connectivity index (χ0) is 16.9. The SMILES string of the molecule is CC(NC(=O)CCC1(C)CCC(=O)N1)C(=O)Nc1ccccc1. The van der Waals surface area contributed by atoms with Crippen LogP contribution in [0.15, 0.2) is 30.3 Å². The van der Waals surface area contributed by atoms with Crippen LogP contribution in [0.25, 0.3) is 0 Å². The summed E-state index contributed by atoms with van der Waals surface area (Å²) in [5, 5.41) is 8.33. The van der Waals surface area contributed by atoms with Crippen LogP contribution in [0.4, 0.5) is 5.69 Å². The van der Waals surface area contributed by atoms with Crippen LogP contribution in [0.2, 0.25) is 0 Å². The van der Waals surface area contributed by atoms with Crippen molar-refractivity contribution in [2.45, 2.75) is 51.1 Å². The highest BCUT2D eigenvalue weighted by Gasteiger charge is 2.33. The summed E-state index contributed by atoms with van der Waals surface area (Å²) in [5.41, 5.74) is 0.379. The summed E-state index contributed by atoms with van der Waals surface area (Å²) in [7, 11) is 0. The van der Waals surface area contributed by atoms with E-state index in [2.05, 4.69) is 16.0 Å². The lowest BCUT2D eigenvalue weighted by molar-refractivity contribution is -0.126. The Kier molecular flexibility index (Phi) is 5.36. The lowest BCUT2D eigenvalue weighted by atomic mass is 9.94. The number of amides is 3. The van der Waals surface area contributed by atoms with E-state index in [9.17, 15) is 14.4 Å². The first kappa shape index (κ1) is 17.0. The van der Waals surface area contributed by atoms with Crippen LogP contribution in [0.3, 0.4) is 0 Å². The van der Waals surface area contributed by atoms with Gasteiger partial charge in [0.05, 0.1) is 0 Å². The van der Waals surface area contributed by atoms with E-state index in [-0.39, 0.29) is 29.7 Å². The molecule has 23 heavy (non-hydrogen) atoms. The summed E-state index contributed by atoms with van der Waals surface area (Å²) in [6.45, 7) is 3.59. The van der Waals surface area contributed by atoms with Crippen LogP contribution < -0.4 is 16.0 Å². The zero-order valence-corrected chi connectivity index (χ0v) is 13.5. The Balaban J connectivity index is 1.76. The van der Waals surface area contributed by atoms with Crippen molar-refractivity contribution in [1.29, 1.82) is 0 Å². The van der Waals surface area contributed by atoms with E-state index in [1.165, 1.54) is 0 Å². The van der Waals surface area contributed by atoms with E-state index < -0.39 is 6.04 Å². The van der Waals surface area contributed by atoms with Crippen molar-refractivity contribution in [3.8, 4) is 0 Å². The molecule has 2 rings (SSSR count). The lowest BCUT2D eigenvalue weighted by Crippen LogP contribution is -2.43. The van der Waals surface area contributed by atoms with Gasteiger partial charge in [-0.25, -0.2) is 0 Å². The van der Waals surface area contributed by atoms with Crippen LogP contribution in [-0.2, 0) is 14.4 Å². The molecule has 2 atom stereocenters. The first-order valence-electron chi connectivity index (χ1n) is 7.84. The molecule has 0 saturated carbocycles. The number of hydrogen-bond acceptors (Lipinski definition) is 3. The molecular weight excluding hydrogens is 294 g/mol. The maximum atomic E-state index is 12.0. The second kappa shape index (κ2) is 7.26. The summed E-state index contributed by atoms with van der Waals surface area (Å²) in [6.07, 6.45) is 2.09. The van der Waals surface area contributed by atoms with Gasteiger partial charge in [0.15, 0.2) is 0 Å². The molecule has 0 bridgehead atoms. The summed E-state index contributed by atoms with van der Waals surface area (Å²) in [4.78, 5) is 35.3. The van der Waals surface area contributed by atoms with E-state index >= 15 is 0 Å². The van der Waals surface area contributed by atoms with Gasteiger partial charge in [0.1, 0.15) is 6.04 Å². The van der Waals surface area contributed by atoms with Gasteiger partial charge < -0.3 is 16.0 Å². The maximum Gasteiger partial charge on any atom is 0.246 e. The number of hydrogen-bond donors (Lipinski definition) is 3. The molecule has 2 unspecified atom stereocenters. The predicted octanol–water partition coefficient (Wildman–Crippen LogP) is 1.58. The molecule has 1 aliphatic rings. The number of carbonyl (C=O) groups excluding carboxylic acids is 3. The standard InChI is InChI=1S/C17H23N3O3/c1-12(16(23)19-13-6-4-3-5-7-13)18-14(21)8-10-17(2)11-9-15(22)20-17/h3-7,12H,8-11H2,1-2H3,(H,18,21)(H,19,23)(H,20,22). The Hall–Kier alpha value is -2.37. The first-order chi connectivity index (χ1) is 10.9. The van der Waals surface area contributed by atoms with Gasteiger partial charge in [-0.05, 0) is 38.8 Å². The molecule has 1 aliphatic heterocycles. The number of para-hydroxylation sites is 1. The molecule has 6 heteroatoms. The molecule has 3 N–H and O–H groups in total. The molecule has 1 fully saturated rings. The molecule has 6 nitrogen and oxygen atoms in total. The number of anilines is 1. The van der Waals surface area contributed by atoms with Gasteiger partial charge in [-0.1, -0.05) is 18.2 Å². The van der Waals surface area contributed by atoms with E-state index in [0.717, 1.165) is 6.42 Å². The first-order valence-corrected chi connectivity index (χ1v) is 7.84. The molecule has 0 aromatic heterocycles. The van der Waals surface area contributed by atoms with Crippen molar-refractivity contribution in [2.24, 2.45) is 0 Å². The van der Waals surface area contributed by atoms with Crippen LogP contribution in [0.5, 0.6) is 0 Å². The molecule has 124 valence electrons. The van der Waals surface area contributed by atoms with Crippen molar-refractivity contribution in [2.75, 3.05) is 5.32 Å². The molecule has 1 heterocycles. The fourth-order valence-corrected chi connectivity index (χ4v) is 2.58. The Morgan fingerprint density at radius 2 is 2.00 bits per heavy atom. The van der Waals surface area contributed by atoms with Gasteiger partial charge in [0.25, 0.3) is 0 Å². The van der Waals surface area contributed by atoms with Crippen LogP contribution in [0.1, 0.15) is 39.5 Å². The fraction of sp³-hybridized carbons (Fsp3) is 0.471. The molecular formula is C17H23N3O3. The molecule has 1 aromatic rings. The van der Waals surface area contributed by atoms with Gasteiger partial charge in [0.2, 0.25) is 17.7 Å². The zero-order valence-electron chi connectivity index (χ0n) is 13.5. The van der Waals surface area contributed by atoms with Crippen molar-refractivity contribution < 1.29 is 14.4 Å². The second-order valence-corrected chi connectivity index (χ2v) is 6.25. The van der Waals surface area contributed by atoms with Crippen LogP contribution in [-0.4, -0.2) is 29.3 Å².